The van der Waals surface area contributed by atoms with E-state index < -0.39 is 6.04 Å². The summed E-state index contributed by atoms with van der Waals surface area (Å²) in [6.07, 6.45) is 1.74. The normalized spacial score (nSPS) is 16.7. The van der Waals surface area contributed by atoms with Crippen LogP contribution in [0.15, 0.2) is 53.4 Å². The fourth-order valence-electron chi connectivity index (χ4n) is 2.42. The number of anilines is 1. The molecule has 2 amide bonds. The van der Waals surface area contributed by atoms with E-state index >= 15 is 0 Å². The number of thioether (sulfide) groups is 1. The van der Waals surface area contributed by atoms with Crippen LogP contribution in [0.1, 0.15) is 12.5 Å². The maximum absolute atomic E-state index is 12.8. The summed E-state index contributed by atoms with van der Waals surface area (Å²) >= 11 is 18.2. The summed E-state index contributed by atoms with van der Waals surface area (Å²) in [6.45, 7) is 1.64. The molecular formula is C19H14Cl2N2O2S2. The molecule has 1 fully saturated rings. The molecule has 1 heterocycles. The molecule has 0 spiro atoms. The lowest BCUT2D eigenvalue weighted by Gasteiger charge is -2.22. The van der Waals surface area contributed by atoms with Crippen LogP contribution in [0.5, 0.6) is 0 Å². The van der Waals surface area contributed by atoms with Crippen molar-refractivity contribution in [3.05, 3.63) is 69.0 Å². The number of hydrogen-bond acceptors (Lipinski definition) is 4. The van der Waals surface area contributed by atoms with Crippen LogP contribution in [0.3, 0.4) is 0 Å². The largest absolute Gasteiger partial charge is 0.324 e. The van der Waals surface area contributed by atoms with Crippen LogP contribution in [0, 0.1) is 0 Å². The summed E-state index contributed by atoms with van der Waals surface area (Å²) in [5.74, 6) is -0.625. The van der Waals surface area contributed by atoms with Crippen molar-refractivity contribution in [1.29, 1.82) is 0 Å². The Kier molecular flexibility index (Phi) is 6.22. The Bertz CT molecular complexity index is 928. The number of amides is 2. The summed E-state index contributed by atoms with van der Waals surface area (Å²) in [5, 5.41) is 3.96. The van der Waals surface area contributed by atoms with Gasteiger partial charge in [0.25, 0.3) is 5.91 Å². The van der Waals surface area contributed by atoms with Gasteiger partial charge in [-0.1, -0.05) is 59.3 Å². The Labute approximate surface area is 176 Å². The molecule has 0 aliphatic carbocycles. The predicted octanol–water partition coefficient (Wildman–Crippen LogP) is 5.22. The Hall–Kier alpha value is -1.86. The Balaban J connectivity index is 1.74. The molecule has 8 heteroatoms. The summed E-state index contributed by atoms with van der Waals surface area (Å²) in [5.41, 5.74) is 1.43. The second-order valence-corrected chi connectivity index (χ2v) is 8.32. The van der Waals surface area contributed by atoms with Gasteiger partial charge in [-0.25, -0.2) is 0 Å². The SMILES string of the molecule is CC(C(=O)Nc1ccc(Cl)cc1)N1C(=O)/C(=C/c2ccc(Cl)cc2)SC1=S. The van der Waals surface area contributed by atoms with Gasteiger partial charge in [0.2, 0.25) is 5.91 Å². The Morgan fingerprint density at radius 1 is 1.11 bits per heavy atom. The first-order valence-electron chi connectivity index (χ1n) is 7.94. The van der Waals surface area contributed by atoms with Gasteiger partial charge in [0, 0.05) is 15.7 Å². The van der Waals surface area contributed by atoms with Crippen LogP contribution in [0.25, 0.3) is 6.08 Å². The Morgan fingerprint density at radius 3 is 2.26 bits per heavy atom. The molecule has 1 unspecified atom stereocenters. The molecule has 2 aromatic rings. The van der Waals surface area contributed by atoms with Crippen molar-refractivity contribution < 1.29 is 9.59 Å². The van der Waals surface area contributed by atoms with Crippen LogP contribution in [0.4, 0.5) is 5.69 Å². The van der Waals surface area contributed by atoms with E-state index in [9.17, 15) is 9.59 Å². The molecule has 27 heavy (non-hydrogen) atoms. The van der Waals surface area contributed by atoms with Crippen LogP contribution in [0.2, 0.25) is 10.0 Å². The van der Waals surface area contributed by atoms with Gasteiger partial charge in [0.15, 0.2) is 0 Å². The van der Waals surface area contributed by atoms with Crippen LogP contribution in [-0.4, -0.2) is 27.1 Å². The third kappa shape index (κ3) is 4.71. The molecule has 0 radical (unpaired) electrons. The zero-order valence-corrected chi connectivity index (χ0v) is 17.3. The summed E-state index contributed by atoms with van der Waals surface area (Å²) < 4.78 is 0.346. The number of thiocarbonyl (C=S) groups is 1. The minimum absolute atomic E-state index is 0.293. The molecule has 4 nitrogen and oxygen atoms in total. The lowest BCUT2D eigenvalue weighted by molar-refractivity contribution is -0.129. The van der Waals surface area contributed by atoms with E-state index in [1.165, 1.54) is 16.7 Å². The standard InChI is InChI=1S/C19H14Cl2N2O2S2/c1-11(17(24)22-15-8-6-14(21)7-9-15)23-18(25)16(27-19(23)26)10-12-2-4-13(20)5-3-12/h2-11H,1H3,(H,22,24)/b16-10-. The molecule has 2 aromatic carbocycles. The van der Waals surface area contributed by atoms with Gasteiger partial charge in [0.1, 0.15) is 10.4 Å². The smallest absolute Gasteiger partial charge is 0.266 e. The van der Waals surface area contributed by atoms with Gasteiger partial charge in [-0.15, -0.1) is 0 Å². The number of rotatable bonds is 4. The maximum Gasteiger partial charge on any atom is 0.266 e. The minimum atomic E-state index is -0.746. The molecule has 3 rings (SSSR count). The van der Waals surface area contributed by atoms with Gasteiger partial charge in [-0.05, 0) is 55.0 Å². The Morgan fingerprint density at radius 2 is 1.67 bits per heavy atom. The fraction of sp³-hybridized carbons (Fsp3) is 0.105. The van der Waals surface area contributed by atoms with Crippen molar-refractivity contribution in [2.75, 3.05) is 5.32 Å². The zero-order chi connectivity index (χ0) is 19.6. The average molecular weight is 437 g/mol. The molecule has 138 valence electrons. The number of nitrogens with zero attached hydrogens (tertiary/aromatic N) is 1. The average Bonchev–Trinajstić information content (AvgIpc) is 2.91. The summed E-state index contributed by atoms with van der Waals surface area (Å²) in [6, 6.07) is 13.1. The molecule has 1 N–H and O–H groups in total. The van der Waals surface area contributed by atoms with E-state index in [1.807, 2.05) is 12.1 Å². The highest BCUT2D eigenvalue weighted by molar-refractivity contribution is 8.26. The van der Waals surface area contributed by atoms with E-state index in [-0.39, 0.29) is 11.8 Å². The van der Waals surface area contributed by atoms with Crippen molar-refractivity contribution in [2.24, 2.45) is 0 Å². The van der Waals surface area contributed by atoms with Crippen molar-refractivity contribution >= 4 is 75.1 Å². The predicted molar refractivity (Wildman–Crippen MR) is 116 cm³/mol. The number of nitrogens with one attached hydrogen (secondary N) is 1. The molecule has 1 atom stereocenters. The van der Waals surface area contributed by atoms with Crippen LogP contribution < -0.4 is 5.32 Å². The molecule has 1 aliphatic rings. The van der Waals surface area contributed by atoms with Crippen molar-refractivity contribution in [3.63, 3.8) is 0 Å². The van der Waals surface area contributed by atoms with Crippen molar-refractivity contribution in [1.82, 2.24) is 4.90 Å². The third-order valence-electron chi connectivity index (χ3n) is 3.87. The van der Waals surface area contributed by atoms with Gasteiger partial charge < -0.3 is 5.32 Å². The number of hydrogen-bond donors (Lipinski definition) is 1. The first kappa shape index (κ1) is 19.9. The monoisotopic (exact) mass is 436 g/mol. The number of benzene rings is 2. The first-order chi connectivity index (χ1) is 12.8. The second-order valence-electron chi connectivity index (χ2n) is 5.78. The van der Waals surface area contributed by atoms with Gasteiger partial charge >= 0.3 is 0 Å². The molecule has 1 saturated heterocycles. The summed E-state index contributed by atoms with van der Waals surface area (Å²) in [7, 11) is 0. The van der Waals surface area contributed by atoms with Crippen LogP contribution in [-0.2, 0) is 9.59 Å². The molecular weight excluding hydrogens is 423 g/mol. The van der Waals surface area contributed by atoms with Crippen molar-refractivity contribution in [3.8, 4) is 0 Å². The maximum atomic E-state index is 12.8. The first-order valence-corrected chi connectivity index (χ1v) is 9.92. The quantitative estimate of drug-likeness (QED) is 0.526. The van der Waals surface area contributed by atoms with E-state index in [0.717, 1.165) is 5.56 Å². The topological polar surface area (TPSA) is 49.4 Å². The van der Waals surface area contributed by atoms with Gasteiger partial charge in [-0.2, -0.15) is 0 Å². The zero-order valence-electron chi connectivity index (χ0n) is 14.1. The van der Waals surface area contributed by atoms with E-state index in [4.69, 9.17) is 35.4 Å². The lowest BCUT2D eigenvalue weighted by atomic mass is 10.2. The van der Waals surface area contributed by atoms with E-state index in [1.54, 1.807) is 49.4 Å². The molecule has 0 aromatic heterocycles. The van der Waals surface area contributed by atoms with Gasteiger partial charge in [0.05, 0.1) is 4.91 Å². The highest BCUT2D eigenvalue weighted by Gasteiger charge is 2.38. The highest BCUT2D eigenvalue weighted by atomic mass is 35.5. The minimum Gasteiger partial charge on any atom is -0.324 e. The molecule has 1 aliphatic heterocycles. The lowest BCUT2D eigenvalue weighted by Crippen LogP contribution is -2.44. The third-order valence-corrected chi connectivity index (χ3v) is 5.70. The second kappa shape index (κ2) is 8.44. The molecule has 0 bridgehead atoms. The number of carbonyl (C=O) groups is 2. The van der Waals surface area contributed by atoms with Crippen LogP contribution >= 0.6 is 47.2 Å². The summed E-state index contributed by atoms with van der Waals surface area (Å²) in [4.78, 5) is 27.1. The highest BCUT2D eigenvalue weighted by Crippen LogP contribution is 2.34. The van der Waals surface area contributed by atoms with Gasteiger partial charge in [-0.3, -0.25) is 14.5 Å². The van der Waals surface area contributed by atoms with Crippen molar-refractivity contribution in [2.45, 2.75) is 13.0 Å². The van der Waals surface area contributed by atoms with E-state index in [0.29, 0.717) is 25.0 Å². The number of halogens is 2. The number of carbonyl (C=O) groups excluding carboxylic acids is 2. The fourth-order valence-corrected chi connectivity index (χ4v) is 4.09. The van der Waals surface area contributed by atoms with E-state index in [2.05, 4.69) is 5.32 Å². The molecule has 0 saturated carbocycles.